The first-order chi connectivity index (χ1) is 11.7. The lowest BCUT2D eigenvalue weighted by Crippen LogP contribution is -2.34. The fourth-order valence-corrected chi connectivity index (χ4v) is 2.55. The van der Waals surface area contributed by atoms with Crippen LogP contribution in [0.3, 0.4) is 0 Å². The molecule has 25 heavy (non-hydrogen) atoms. The number of hydrogen-bond acceptors (Lipinski definition) is 3. The molecular weight excluding hydrogens is 335 g/mol. The third-order valence-corrected chi connectivity index (χ3v) is 3.99. The van der Waals surface area contributed by atoms with Crippen LogP contribution in [0.1, 0.15) is 34.1 Å². The molecule has 1 aromatic carbocycles. The molecule has 0 aliphatic heterocycles. The number of nitrogens with zero attached hydrogens (tertiary/aromatic N) is 3. The maximum atomic E-state index is 12.6. The zero-order chi connectivity index (χ0) is 18.6. The molecule has 136 valence electrons. The van der Waals surface area contributed by atoms with Crippen LogP contribution in [-0.2, 0) is 6.54 Å². The highest BCUT2D eigenvalue weighted by molar-refractivity contribution is 5.92. The molecule has 0 saturated carbocycles. The van der Waals surface area contributed by atoms with Crippen LogP contribution < -0.4 is 0 Å². The monoisotopic (exact) mass is 355 g/mol. The van der Waals surface area contributed by atoms with Gasteiger partial charge < -0.3 is 10.0 Å². The van der Waals surface area contributed by atoms with E-state index >= 15 is 0 Å². The zero-order valence-electron chi connectivity index (χ0n) is 14.0. The number of benzene rings is 1. The Morgan fingerprint density at radius 1 is 1.32 bits per heavy atom. The number of aromatic nitrogens is 2. The van der Waals surface area contributed by atoms with Crippen molar-refractivity contribution in [2.24, 2.45) is 0 Å². The van der Waals surface area contributed by atoms with E-state index in [9.17, 15) is 23.1 Å². The van der Waals surface area contributed by atoms with Crippen LogP contribution in [-0.4, -0.2) is 45.5 Å². The molecule has 1 N–H and O–H groups in total. The summed E-state index contributed by atoms with van der Waals surface area (Å²) in [5.41, 5.74) is 1.77. The molecule has 2 aromatic rings. The van der Waals surface area contributed by atoms with E-state index in [1.54, 1.807) is 0 Å². The second kappa shape index (κ2) is 7.69. The molecule has 1 atom stereocenters. The lowest BCUT2D eigenvalue weighted by atomic mass is 10.0. The van der Waals surface area contributed by atoms with Crippen molar-refractivity contribution in [2.45, 2.75) is 32.1 Å². The smallest absolute Gasteiger partial charge is 0.390 e. The minimum atomic E-state index is -4.28. The number of carbonyl (C=O) groups is 1. The van der Waals surface area contributed by atoms with E-state index in [0.29, 0.717) is 0 Å². The predicted molar refractivity (Wildman–Crippen MR) is 86.0 cm³/mol. The minimum Gasteiger partial charge on any atom is -0.394 e. The highest BCUT2D eigenvalue weighted by Gasteiger charge is 2.28. The Morgan fingerprint density at radius 3 is 2.60 bits per heavy atom. The summed E-state index contributed by atoms with van der Waals surface area (Å²) in [5.74, 6) is -0.465. The zero-order valence-corrected chi connectivity index (χ0v) is 14.0. The quantitative estimate of drug-likeness (QED) is 0.867. The summed E-state index contributed by atoms with van der Waals surface area (Å²) < 4.78 is 37.9. The number of aryl methyl sites for hydroxylation is 2. The van der Waals surface area contributed by atoms with Crippen molar-refractivity contribution in [1.82, 2.24) is 14.7 Å². The SMILES string of the molecule is Cc1ccccc1C(CO)N(C)C(=O)c1ccn(CCC(F)(F)F)n1. The third-order valence-electron chi connectivity index (χ3n) is 3.99. The summed E-state index contributed by atoms with van der Waals surface area (Å²) in [6.45, 7) is 1.26. The second-order valence-electron chi connectivity index (χ2n) is 5.80. The molecule has 0 aliphatic rings. The van der Waals surface area contributed by atoms with Gasteiger partial charge in [-0.2, -0.15) is 18.3 Å². The van der Waals surface area contributed by atoms with Gasteiger partial charge in [-0.25, -0.2) is 0 Å². The largest absolute Gasteiger partial charge is 0.394 e. The Kier molecular flexibility index (Phi) is 5.84. The van der Waals surface area contributed by atoms with Crippen molar-refractivity contribution in [3.05, 3.63) is 53.3 Å². The maximum absolute atomic E-state index is 12.6. The fraction of sp³-hybridized carbons (Fsp3) is 0.412. The number of hydrogen-bond donors (Lipinski definition) is 1. The molecule has 0 bridgehead atoms. The first kappa shape index (κ1) is 19.0. The van der Waals surface area contributed by atoms with Gasteiger partial charge in [0.25, 0.3) is 5.91 Å². The summed E-state index contributed by atoms with van der Waals surface area (Å²) in [4.78, 5) is 13.9. The standard InChI is InChI=1S/C17H20F3N3O2/c1-12-5-3-4-6-13(12)15(11-24)22(2)16(25)14-7-9-23(21-14)10-8-17(18,19)20/h3-7,9,15,24H,8,10-11H2,1-2H3. The summed E-state index contributed by atoms with van der Waals surface area (Å²) in [6.07, 6.45) is -3.95. The topological polar surface area (TPSA) is 58.4 Å². The van der Waals surface area contributed by atoms with E-state index in [-0.39, 0.29) is 18.8 Å². The van der Waals surface area contributed by atoms with Crippen LogP contribution in [0, 0.1) is 6.92 Å². The average Bonchev–Trinajstić information content (AvgIpc) is 3.03. The number of alkyl halides is 3. The number of aliphatic hydroxyl groups excluding tert-OH is 1. The Morgan fingerprint density at radius 2 is 2.00 bits per heavy atom. The molecule has 1 aromatic heterocycles. The van der Waals surface area contributed by atoms with Crippen LogP contribution in [0.2, 0.25) is 0 Å². The molecule has 1 unspecified atom stereocenters. The average molecular weight is 355 g/mol. The number of rotatable bonds is 6. The normalized spacial score (nSPS) is 12.9. The van der Waals surface area contributed by atoms with Crippen molar-refractivity contribution in [3.8, 4) is 0 Å². The molecule has 0 saturated heterocycles. The molecule has 0 aliphatic carbocycles. The summed E-state index contributed by atoms with van der Waals surface area (Å²) in [7, 11) is 1.53. The maximum Gasteiger partial charge on any atom is 0.390 e. The summed E-state index contributed by atoms with van der Waals surface area (Å²) >= 11 is 0. The molecular formula is C17H20F3N3O2. The molecule has 1 amide bonds. The summed E-state index contributed by atoms with van der Waals surface area (Å²) in [6, 6.07) is 8.19. The van der Waals surface area contributed by atoms with Crippen molar-refractivity contribution < 1.29 is 23.1 Å². The molecule has 1 heterocycles. The van der Waals surface area contributed by atoms with E-state index in [1.807, 2.05) is 31.2 Å². The molecule has 8 heteroatoms. The van der Waals surface area contributed by atoms with Crippen molar-refractivity contribution >= 4 is 5.91 Å². The number of amides is 1. The minimum absolute atomic E-state index is 0.0386. The number of aliphatic hydroxyl groups is 1. The van der Waals surface area contributed by atoms with Crippen LogP contribution in [0.4, 0.5) is 13.2 Å². The van der Waals surface area contributed by atoms with Crippen LogP contribution >= 0.6 is 0 Å². The van der Waals surface area contributed by atoms with Gasteiger partial charge in [0.1, 0.15) is 5.69 Å². The third kappa shape index (κ3) is 4.82. The van der Waals surface area contributed by atoms with Gasteiger partial charge in [-0.3, -0.25) is 9.48 Å². The molecule has 2 rings (SSSR count). The second-order valence-corrected chi connectivity index (χ2v) is 5.80. The van der Waals surface area contributed by atoms with Gasteiger partial charge in [0.05, 0.1) is 19.1 Å². The Hall–Kier alpha value is -2.35. The first-order valence-electron chi connectivity index (χ1n) is 7.76. The summed E-state index contributed by atoms with van der Waals surface area (Å²) in [5, 5.41) is 13.6. The van der Waals surface area contributed by atoms with E-state index in [1.165, 1.54) is 24.2 Å². The van der Waals surface area contributed by atoms with Gasteiger partial charge in [0, 0.05) is 19.8 Å². The Labute approximate surface area is 143 Å². The van der Waals surface area contributed by atoms with E-state index in [2.05, 4.69) is 5.10 Å². The number of carbonyl (C=O) groups excluding carboxylic acids is 1. The Bertz CT molecular complexity index is 728. The lowest BCUT2D eigenvalue weighted by molar-refractivity contribution is -0.137. The van der Waals surface area contributed by atoms with E-state index < -0.39 is 24.5 Å². The predicted octanol–water partition coefficient (Wildman–Crippen LogP) is 2.95. The first-order valence-corrected chi connectivity index (χ1v) is 7.76. The van der Waals surface area contributed by atoms with Crippen molar-refractivity contribution in [2.75, 3.05) is 13.7 Å². The fourth-order valence-electron chi connectivity index (χ4n) is 2.55. The van der Waals surface area contributed by atoms with Gasteiger partial charge in [-0.05, 0) is 24.1 Å². The highest BCUT2D eigenvalue weighted by atomic mass is 19.4. The molecule has 0 fully saturated rings. The van der Waals surface area contributed by atoms with Gasteiger partial charge in [0.15, 0.2) is 0 Å². The number of halogens is 3. The van der Waals surface area contributed by atoms with Crippen LogP contribution in [0.5, 0.6) is 0 Å². The van der Waals surface area contributed by atoms with Crippen LogP contribution in [0.25, 0.3) is 0 Å². The van der Waals surface area contributed by atoms with Gasteiger partial charge in [0.2, 0.25) is 0 Å². The molecule has 5 nitrogen and oxygen atoms in total. The van der Waals surface area contributed by atoms with E-state index in [0.717, 1.165) is 15.8 Å². The van der Waals surface area contributed by atoms with Gasteiger partial charge >= 0.3 is 6.18 Å². The van der Waals surface area contributed by atoms with E-state index in [4.69, 9.17) is 0 Å². The number of likely N-dealkylation sites (N-methyl/N-ethyl adjacent to an activating group) is 1. The highest BCUT2D eigenvalue weighted by Crippen LogP contribution is 2.24. The lowest BCUT2D eigenvalue weighted by Gasteiger charge is -2.27. The Balaban J connectivity index is 2.13. The van der Waals surface area contributed by atoms with Crippen molar-refractivity contribution in [3.63, 3.8) is 0 Å². The molecule has 0 radical (unpaired) electrons. The molecule has 0 spiro atoms. The van der Waals surface area contributed by atoms with Gasteiger partial charge in [-0.15, -0.1) is 0 Å². The van der Waals surface area contributed by atoms with Gasteiger partial charge in [-0.1, -0.05) is 24.3 Å². The van der Waals surface area contributed by atoms with Crippen molar-refractivity contribution in [1.29, 1.82) is 0 Å². The van der Waals surface area contributed by atoms with Crippen LogP contribution in [0.15, 0.2) is 36.5 Å².